The molecule has 0 bridgehead atoms. The Balaban J connectivity index is 1.34. The van der Waals surface area contributed by atoms with Gasteiger partial charge in [-0.2, -0.15) is 0 Å². The number of benzene rings is 2. The summed E-state index contributed by atoms with van der Waals surface area (Å²) in [6.45, 7) is 1.45. The predicted molar refractivity (Wildman–Crippen MR) is 111 cm³/mol. The van der Waals surface area contributed by atoms with Gasteiger partial charge in [0.1, 0.15) is 0 Å². The Morgan fingerprint density at radius 1 is 1.04 bits per heavy atom. The molecule has 0 aromatic heterocycles. The topological polar surface area (TPSA) is 61.4 Å². The van der Waals surface area contributed by atoms with E-state index >= 15 is 0 Å². The zero-order chi connectivity index (χ0) is 19.5. The number of halogens is 1. The summed E-state index contributed by atoms with van der Waals surface area (Å²) in [4.78, 5) is 26.0. The van der Waals surface area contributed by atoms with Crippen molar-refractivity contribution in [2.24, 2.45) is 0 Å². The highest BCUT2D eigenvalue weighted by molar-refractivity contribution is 6.30. The van der Waals surface area contributed by atoms with Crippen molar-refractivity contribution in [1.82, 2.24) is 10.2 Å². The first-order valence-electron chi connectivity index (χ1n) is 9.79. The number of hydrogen-bond donors (Lipinski definition) is 2. The number of hydrogen-bond acceptors (Lipinski definition) is 2. The molecule has 2 heterocycles. The molecular weight excluding hydrogens is 374 g/mol. The molecule has 0 spiro atoms. The minimum Gasteiger partial charge on any atom is -0.349 e. The average molecular weight is 398 g/mol. The molecule has 28 heavy (non-hydrogen) atoms. The summed E-state index contributed by atoms with van der Waals surface area (Å²) < 4.78 is 0. The molecule has 0 saturated carbocycles. The molecule has 2 N–H and O–H groups in total. The first kappa shape index (κ1) is 18.8. The van der Waals surface area contributed by atoms with Crippen LogP contribution >= 0.6 is 11.6 Å². The fraction of sp³-hybridized carbons (Fsp3) is 0.364. The molecule has 1 atom stereocenters. The summed E-state index contributed by atoms with van der Waals surface area (Å²) in [5, 5.41) is 6.73. The second-order valence-electron chi connectivity index (χ2n) is 7.53. The highest BCUT2D eigenvalue weighted by Gasteiger charge is 2.25. The van der Waals surface area contributed by atoms with Crippen molar-refractivity contribution in [2.45, 2.75) is 37.6 Å². The van der Waals surface area contributed by atoms with Crippen LogP contribution in [0.3, 0.4) is 0 Å². The van der Waals surface area contributed by atoms with E-state index in [1.54, 1.807) is 0 Å². The van der Waals surface area contributed by atoms with Crippen molar-refractivity contribution >= 4 is 29.2 Å². The van der Waals surface area contributed by atoms with Gasteiger partial charge in [-0.3, -0.25) is 4.79 Å². The summed E-state index contributed by atoms with van der Waals surface area (Å²) >= 11 is 6.10. The molecule has 2 aromatic rings. The highest BCUT2D eigenvalue weighted by Crippen LogP contribution is 2.30. The molecule has 4 rings (SSSR count). The van der Waals surface area contributed by atoms with Crippen LogP contribution in [0.25, 0.3) is 0 Å². The van der Waals surface area contributed by atoms with E-state index < -0.39 is 0 Å². The Bertz CT molecular complexity index is 878. The number of piperidine rings is 1. The van der Waals surface area contributed by atoms with E-state index in [0.717, 1.165) is 48.6 Å². The van der Waals surface area contributed by atoms with Crippen LogP contribution in [0, 0.1) is 0 Å². The maximum Gasteiger partial charge on any atom is 0.321 e. The van der Waals surface area contributed by atoms with Crippen LogP contribution in [0.2, 0.25) is 5.02 Å². The minimum absolute atomic E-state index is 0.0396. The van der Waals surface area contributed by atoms with Crippen molar-refractivity contribution in [3.05, 3.63) is 64.7 Å². The van der Waals surface area contributed by atoms with Crippen LogP contribution in [0.4, 0.5) is 10.5 Å². The summed E-state index contributed by atoms with van der Waals surface area (Å²) in [6, 6.07) is 15.7. The molecule has 0 aliphatic carbocycles. The third-order valence-electron chi connectivity index (χ3n) is 5.64. The third-order valence-corrected chi connectivity index (χ3v) is 5.87. The van der Waals surface area contributed by atoms with Gasteiger partial charge in [-0.05, 0) is 60.6 Å². The quantitative estimate of drug-likeness (QED) is 0.788. The lowest BCUT2D eigenvalue weighted by Crippen LogP contribution is -2.40. The maximum atomic E-state index is 12.7. The zero-order valence-electron chi connectivity index (χ0n) is 15.7. The van der Waals surface area contributed by atoms with Crippen LogP contribution in [-0.4, -0.2) is 29.9 Å². The van der Waals surface area contributed by atoms with Gasteiger partial charge >= 0.3 is 6.03 Å². The van der Waals surface area contributed by atoms with E-state index in [9.17, 15) is 9.59 Å². The Hall–Kier alpha value is -2.53. The zero-order valence-corrected chi connectivity index (χ0v) is 16.4. The summed E-state index contributed by atoms with van der Waals surface area (Å²) in [7, 11) is 0. The highest BCUT2D eigenvalue weighted by atomic mass is 35.5. The lowest BCUT2D eigenvalue weighted by molar-refractivity contribution is -0.119. The molecule has 2 aliphatic heterocycles. The standard InChI is InChI=1S/C22H24ClN3O2/c23-18-5-1-3-16(13-18)15-9-11-26(12-10-15)22(28)24-19-6-2-4-17(14-19)20-7-8-21(27)25-20/h1-6,13-15,20H,7-12H2,(H,24,28)(H,25,27). The van der Waals surface area contributed by atoms with E-state index in [0.29, 0.717) is 12.3 Å². The summed E-state index contributed by atoms with van der Waals surface area (Å²) in [5.74, 6) is 0.527. The molecule has 3 amide bonds. The van der Waals surface area contributed by atoms with Gasteiger partial charge < -0.3 is 15.5 Å². The van der Waals surface area contributed by atoms with Gasteiger partial charge in [0, 0.05) is 30.2 Å². The van der Waals surface area contributed by atoms with Gasteiger partial charge in [-0.25, -0.2) is 4.79 Å². The lowest BCUT2D eigenvalue weighted by Gasteiger charge is -2.32. The number of rotatable bonds is 3. The fourth-order valence-electron chi connectivity index (χ4n) is 4.08. The van der Waals surface area contributed by atoms with Gasteiger partial charge in [0.05, 0.1) is 6.04 Å². The summed E-state index contributed by atoms with van der Waals surface area (Å²) in [6.07, 6.45) is 3.22. The SMILES string of the molecule is O=C1CCC(c2cccc(NC(=O)N3CCC(c4cccc(Cl)c4)CC3)c2)N1. The number of carbonyl (C=O) groups is 2. The third kappa shape index (κ3) is 4.30. The van der Waals surface area contributed by atoms with Crippen LogP contribution in [0.5, 0.6) is 0 Å². The summed E-state index contributed by atoms with van der Waals surface area (Å²) in [5.41, 5.74) is 3.04. The monoisotopic (exact) mass is 397 g/mol. The van der Waals surface area contributed by atoms with Gasteiger partial charge in [0.25, 0.3) is 0 Å². The molecule has 5 nitrogen and oxygen atoms in total. The Kier molecular flexibility index (Phi) is 5.53. The van der Waals surface area contributed by atoms with Crippen LogP contribution in [-0.2, 0) is 4.79 Å². The number of amides is 3. The normalized spacial score (nSPS) is 20.1. The minimum atomic E-state index is -0.0721. The molecule has 1 unspecified atom stereocenters. The molecular formula is C22H24ClN3O2. The number of urea groups is 1. The largest absolute Gasteiger partial charge is 0.349 e. The van der Waals surface area contributed by atoms with E-state index in [1.165, 1.54) is 5.56 Å². The molecule has 2 fully saturated rings. The van der Waals surface area contributed by atoms with Crippen molar-refractivity contribution in [3.8, 4) is 0 Å². The average Bonchev–Trinajstić information content (AvgIpc) is 3.15. The lowest BCUT2D eigenvalue weighted by atomic mass is 9.89. The van der Waals surface area contributed by atoms with Gasteiger partial charge in [0.15, 0.2) is 0 Å². The van der Waals surface area contributed by atoms with E-state index in [-0.39, 0.29) is 18.0 Å². The van der Waals surface area contributed by atoms with Crippen molar-refractivity contribution in [3.63, 3.8) is 0 Å². The van der Waals surface area contributed by atoms with E-state index in [4.69, 9.17) is 11.6 Å². The Morgan fingerprint density at radius 2 is 1.79 bits per heavy atom. The first-order chi connectivity index (χ1) is 13.6. The number of nitrogens with one attached hydrogen (secondary N) is 2. The number of anilines is 1. The van der Waals surface area contributed by atoms with E-state index in [1.807, 2.05) is 47.4 Å². The molecule has 2 saturated heterocycles. The van der Waals surface area contributed by atoms with E-state index in [2.05, 4.69) is 16.7 Å². The van der Waals surface area contributed by atoms with Crippen LogP contribution in [0.15, 0.2) is 48.5 Å². The van der Waals surface area contributed by atoms with Crippen molar-refractivity contribution < 1.29 is 9.59 Å². The predicted octanol–water partition coefficient (Wildman–Crippen LogP) is 4.70. The van der Waals surface area contributed by atoms with Gasteiger partial charge in [-0.15, -0.1) is 0 Å². The number of carbonyl (C=O) groups excluding carboxylic acids is 2. The molecule has 0 radical (unpaired) electrons. The number of nitrogens with zero attached hydrogens (tertiary/aromatic N) is 1. The van der Waals surface area contributed by atoms with Crippen molar-refractivity contribution in [1.29, 1.82) is 0 Å². The molecule has 6 heteroatoms. The fourth-order valence-corrected chi connectivity index (χ4v) is 4.27. The Labute approximate surface area is 170 Å². The second-order valence-corrected chi connectivity index (χ2v) is 7.97. The molecule has 2 aliphatic rings. The second kappa shape index (κ2) is 8.23. The van der Waals surface area contributed by atoms with Gasteiger partial charge in [-0.1, -0.05) is 35.9 Å². The maximum absolute atomic E-state index is 12.7. The Morgan fingerprint density at radius 3 is 2.50 bits per heavy atom. The van der Waals surface area contributed by atoms with Crippen molar-refractivity contribution in [2.75, 3.05) is 18.4 Å². The molecule has 2 aromatic carbocycles. The first-order valence-corrected chi connectivity index (χ1v) is 10.2. The van der Waals surface area contributed by atoms with Crippen LogP contribution in [0.1, 0.15) is 48.8 Å². The van der Waals surface area contributed by atoms with Gasteiger partial charge in [0.2, 0.25) is 5.91 Å². The van der Waals surface area contributed by atoms with Crippen LogP contribution < -0.4 is 10.6 Å². The smallest absolute Gasteiger partial charge is 0.321 e. The molecule has 146 valence electrons. The number of likely N-dealkylation sites (tertiary alicyclic amines) is 1.